The lowest BCUT2D eigenvalue weighted by molar-refractivity contribution is -0.385. The number of carbonyl (C=O) groups excluding carboxylic acids is 2. The maximum absolute atomic E-state index is 12.5. The molecule has 0 radical (unpaired) electrons. The molecule has 0 atom stereocenters. The second-order valence-electron chi connectivity index (χ2n) is 7.18. The summed E-state index contributed by atoms with van der Waals surface area (Å²) in [6, 6.07) is 12.3. The number of ether oxygens (including phenoxy) is 2. The van der Waals surface area contributed by atoms with Crippen LogP contribution in [0.25, 0.3) is 0 Å². The number of esters is 2. The molecule has 3 aromatic rings. The summed E-state index contributed by atoms with van der Waals surface area (Å²) in [4.78, 5) is 45.9. The van der Waals surface area contributed by atoms with Crippen molar-refractivity contribution in [3.05, 3.63) is 103 Å². The molecule has 0 aliphatic rings. The number of nitrogens with zero attached hydrogens (tertiary/aromatic N) is 2. The highest BCUT2D eigenvalue weighted by Gasteiger charge is 2.19. The van der Waals surface area contributed by atoms with Crippen LogP contribution in [0.2, 0.25) is 0 Å². The minimum Gasteiger partial charge on any atom is -0.423 e. The summed E-state index contributed by atoms with van der Waals surface area (Å²) in [7, 11) is 0. The Morgan fingerprint density at radius 1 is 0.697 bits per heavy atom. The van der Waals surface area contributed by atoms with E-state index < -0.39 is 21.8 Å². The van der Waals surface area contributed by atoms with E-state index in [-0.39, 0.29) is 34.0 Å². The Balaban J connectivity index is 1.79. The number of nitro groups is 2. The Bertz CT molecular complexity index is 1200. The normalized spacial score (nSPS) is 10.4. The molecule has 3 rings (SSSR count). The van der Waals surface area contributed by atoms with Crippen LogP contribution in [0.3, 0.4) is 0 Å². The predicted molar refractivity (Wildman–Crippen MR) is 117 cm³/mol. The Morgan fingerprint density at radius 3 is 1.42 bits per heavy atom. The second kappa shape index (κ2) is 9.27. The number of hydrogen-bond donors (Lipinski definition) is 0. The fourth-order valence-corrected chi connectivity index (χ4v) is 3.11. The summed E-state index contributed by atoms with van der Waals surface area (Å²) in [6.07, 6.45) is 0. The maximum Gasteiger partial charge on any atom is 0.343 e. The number of hydrogen-bond acceptors (Lipinski definition) is 8. The SMILES string of the molecule is Cc1cc(C(=O)Oc2cccc(OC(=O)c3ccc([N+](=O)[O-])c(C)c3)c2C)ccc1[N+](=O)[O-]. The van der Waals surface area contributed by atoms with Crippen LogP contribution in [-0.2, 0) is 0 Å². The van der Waals surface area contributed by atoms with Crippen LogP contribution >= 0.6 is 0 Å². The summed E-state index contributed by atoms with van der Waals surface area (Å²) < 4.78 is 10.8. The van der Waals surface area contributed by atoms with Gasteiger partial charge in [-0.25, -0.2) is 9.59 Å². The van der Waals surface area contributed by atoms with Crippen molar-refractivity contribution in [1.29, 1.82) is 0 Å². The lowest BCUT2D eigenvalue weighted by atomic mass is 10.1. The first-order valence-electron chi connectivity index (χ1n) is 9.62. The van der Waals surface area contributed by atoms with E-state index in [0.29, 0.717) is 16.7 Å². The maximum atomic E-state index is 12.5. The Kier molecular flexibility index (Phi) is 6.48. The van der Waals surface area contributed by atoms with E-state index in [1.165, 1.54) is 68.4 Å². The smallest absolute Gasteiger partial charge is 0.343 e. The topological polar surface area (TPSA) is 139 Å². The van der Waals surface area contributed by atoms with Crippen molar-refractivity contribution < 1.29 is 28.9 Å². The molecule has 0 saturated carbocycles. The Hall–Kier alpha value is -4.60. The summed E-state index contributed by atoms with van der Waals surface area (Å²) in [6.45, 7) is 4.62. The quantitative estimate of drug-likeness (QED) is 0.224. The number of carbonyl (C=O) groups is 2. The van der Waals surface area contributed by atoms with Gasteiger partial charge >= 0.3 is 11.9 Å². The lowest BCUT2D eigenvalue weighted by Gasteiger charge is -2.12. The van der Waals surface area contributed by atoms with E-state index in [9.17, 15) is 29.8 Å². The highest BCUT2D eigenvalue weighted by atomic mass is 16.6. The van der Waals surface area contributed by atoms with Crippen molar-refractivity contribution in [2.24, 2.45) is 0 Å². The van der Waals surface area contributed by atoms with Gasteiger partial charge < -0.3 is 9.47 Å². The second-order valence-corrected chi connectivity index (χ2v) is 7.18. The van der Waals surface area contributed by atoms with Gasteiger partial charge in [0.05, 0.1) is 21.0 Å². The first-order chi connectivity index (χ1) is 15.6. The van der Waals surface area contributed by atoms with Gasteiger partial charge in [0.2, 0.25) is 0 Å². The van der Waals surface area contributed by atoms with Crippen LogP contribution in [0.1, 0.15) is 37.4 Å². The van der Waals surface area contributed by atoms with Crippen molar-refractivity contribution >= 4 is 23.3 Å². The average Bonchev–Trinajstić information content (AvgIpc) is 2.75. The van der Waals surface area contributed by atoms with E-state index in [1.54, 1.807) is 6.92 Å². The molecule has 10 nitrogen and oxygen atoms in total. The predicted octanol–water partition coefficient (Wildman–Crippen LogP) is 4.87. The zero-order chi connectivity index (χ0) is 24.3. The third-order valence-corrected chi connectivity index (χ3v) is 4.90. The molecule has 0 saturated heterocycles. The number of benzene rings is 3. The van der Waals surface area contributed by atoms with Crippen molar-refractivity contribution in [2.75, 3.05) is 0 Å². The average molecular weight is 450 g/mol. The molecule has 0 unspecified atom stereocenters. The van der Waals surface area contributed by atoms with Crippen molar-refractivity contribution in [3.8, 4) is 11.5 Å². The molecule has 168 valence electrons. The number of nitro benzene ring substituents is 2. The fraction of sp³-hybridized carbons (Fsp3) is 0.130. The van der Waals surface area contributed by atoms with Crippen LogP contribution < -0.4 is 9.47 Å². The highest BCUT2D eigenvalue weighted by molar-refractivity contribution is 5.93. The first-order valence-corrected chi connectivity index (χ1v) is 9.62. The van der Waals surface area contributed by atoms with Crippen LogP contribution in [0, 0.1) is 41.0 Å². The van der Waals surface area contributed by atoms with E-state index in [2.05, 4.69) is 0 Å². The van der Waals surface area contributed by atoms with E-state index in [1.807, 2.05) is 0 Å². The fourth-order valence-electron chi connectivity index (χ4n) is 3.11. The number of rotatable bonds is 6. The van der Waals surface area contributed by atoms with E-state index in [4.69, 9.17) is 9.47 Å². The third kappa shape index (κ3) is 5.01. The Morgan fingerprint density at radius 2 is 1.09 bits per heavy atom. The van der Waals surface area contributed by atoms with Crippen LogP contribution in [-0.4, -0.2) is 21.8 Å². The summed E-state index contributed by atoms with van der Waals surface area (Å²) in [5, 5.41) is 21.9. The van der Waals surface area contributed by atoms with Gasteiger partial charge in [0.1, 0.15) is 11.5 Å². The van der Waals surface area contributed by atoms with Gasteiger partial charge in [-0.3, -0.25) is 20.2 Å². The van der Waals surface area contributed by atoms with Gasteiger partial charge in [-0.15, -0.1) is 0 Å². The molecule has 0 aromatic heterocycles. The Labute approximate surface area is 187 Å². The van der Waals surface area contributed by atoms with Crippen molar-refractivity contribution in [1.82, 2.24) is 0 Å². The highest BCUT2D eigenvalue weighted by Crippen LogP contribution is 2.30. The first kappa shape index (κ1) is 23.1. The molecular weight excluding hydrogens is 432 g/mol. The molecule has 0 aliphatic carbocycles. The van der Waals surface area contributed by atoms with E-state index >= 15 is 0 Å². The largest absolute Gasteiger partial charge is 0.423 e. The zero-order valence-electron chi connectivity index (χ0n) is 17.9. The monoisotopic (exact) mass is 450 g/mol. The van der Waals surface area contributed by atoms with Gasteiger partial charge in [0, 0.05) is 28.8 Å². The molecule has 0 fully saturated rings. The summed E-state index contributed by atoms with van der Waals surface area (Å²) >= 11 is 0. The molecule has 0 N–H and O–H groups in total. The van der Waals surface area contributed by atoms with Gasteiger partial charge in [0.25, 0.3) is 11.4 Å². The molecular formula is C23H18N2O8. The van der Waals surface area contributed by atoms with Crippen LogP contribution in [0.15, 0.2) is 54.6 Å². The molecule has 0 amide bonds. The standard InChI is InChI=1S/C23H18N2O8/c1-13-11-16(7-9-18(13)24(28)29)22(26)32-20-5-4-6-21(15(20)3)33-23(27)17-8-10-19(25(30)31)14(2)12-17/h4-12H,1-3H3. The number of aryl methyl sites for hydroxylation is 2. The molecule has 0 aliphatic heterocycles. The van der Waals surface area contributed by atoms with Gasteiger partial charge in [-0.05, 0) is 57.2 Å². The van der Waals surface area contributed by atoms with Gasteiger partial charge in [-0.2, -0.15) is 0 Å². The molecule has 10 heteroatoms. The summed E-state index contributed by atoms with van der Waals surface area (Å²) in [5.41, 5.74) is 1.02. The third-order valence-electron chi connectivity index (χ3n) is 4.90. The van der Waals surface area contributed by atoms with E-state index in [0.717, 1.165) is 0 Å². The molecule has 3 aromatic carbocycles. The summed E-state index contributed by atoms with van der Waals surface area (Å²) in [5.74, 6) is -1.18. The minimum absolute atomic E-state index is 0.113. The molecule has 0 bridgehead atoms. The van der Waals surface area contributed by atoms with Crippen LogP contribution in [0.5, 0.6) is 11.5 Å². The lowest BCUT2D eigenvalue weighted by Crippen LogP contribution is -2.12. The molecule has 0 spiro atoms. The van der Waals surface area contributed by atoms with Crippen molar-refractivity contribution in [2.45, 2.75) is 20.8 Å². The minimum atomic E-state index is -0.731. The van der Waals surface area contributed by atoms with Crippen molar-refractivity contribution in [3.63, 3.8) is 0 Å². The van der Waals surface area contributed by atoms with Gasteiger partial charge in [0.15, 0.2) is 0 Å². The zero-order valence-corrected chi connectivity index (χ0v) is 17.9. The molecule has 33 heavy (non-hydrogen) atoms. The van der Waals surface area contributed by atoms with Crippen LogP contribution in [0.4, 0.5) is 11.4 Å². The molecule has 0 heterocycles. The van der Waals surface area contributed by atoms with Gasteiger partial charge in [-0.1, -0.05) is 6.07 Å².